The Labute approximate surface area is 185 Å². The first kappa shape index (κ1) is 21.2. The van der Waals surface area contributed by atoms with E-state index in [0.29, 0.717) is 35.7 Å². The number of nitrogens with one attached hydrogen (secondary N) is 1. The van der Waals surface area contributed by atoms with Gasteiger partial charge in [0, 0.05) is 22.7 Å². The lowest BCUT2D eigenvalue weighted by molar-refractivity contribution is 0.0235. The van der Waals surface area contributed by atoms with Crippen molar-refractivity contribution in [2.45, 2.75) is 38.8 Å². The summed E-state index contributed by atoms with van der Waals surface area (Å²) in [7, 11) is 0. The second kappa shape index (κ2) is 8.57. The van der Waals surface area contributed by atoms with Crippen LogP contribution in [0, 0.1) is 0 Å². The predicted molar refractivity (Wildman–Crippen MR) is 123 cm³/mol. The Kier molecular flexibility index (Phi) is 5.85. The van der Waals surface area contributed by atoms with Gasteiger partial charge in [-0.1, -0.05) is 55.8 Å². The lowest BCUT2D eigenvalue weighted by Gasteiger charge is -2.22. The minimum Gasteiger partial charge on any atom is -0.423 e. The van der Waals surface area contributed by atoms with Crippen molar-refractivity contribution >= 4 is 22.6 Å². The molecule has 0 spiro atoms. The van der Waals surface area contributed by atoms with E-state index >= 15 is 0 Å². The number of nitrogens with zero attached hydrogens (tertiary/aromatic N) is 2. The van der Waals surface area contributed by atoms with Gasteiger partial charge in [0.2, 0.25) is 0 Å². The van der Waals surface area contributed by atoms with Crippen molar-refractivity contribution in [1.29, 1.82) is 0 Å². The van der Waals surface area contributed by atoms with E-state index in [1.165, 1.54) is 6.07 Å². The minimum absolute atomic E-state index is 0.367. The molecule has 0 aliphatic heterocycles. The topological polar surface area (TPSA) is 80.3 Å². The molecule has 0 aliphatic rings. The number of halogens is 1. The number of hydrogen-bond acceptors (Lipinski definition) is 5. The fourth-order valence-corrected chi connectivity index (χ4v) is 3.88. The summed E-state index contributed by atoms with van der Waals surface area (Å²) in [6.45, 7) is 4.23. The molecule has 2 heterocycles. The number of fused-ring (bicyclic) bond motifs is 1. The summed E-state index contributed by atoms with van der Waals surface area (Å²) in [6.07, 6.45) is 2.92. The smallest absolute Gasteiger partial charge is 0.336 e. The highest BCUT2D eigenvalue weighted by molar-refractivity contribution is 6.32. The van der Waals surface area contributed by atoms with Crippen molar-refractivity contribution in [1.82, 2.24) is 9.89 Å². The first-order valence-electron chi connectivity index (χ1n) is 10.3. The molecule has 2 aromatic heterocycles. The third kappa shape index (κ3) is 4.22. The van der Waals surface area contributed by atoms with Gasteiger partial charge in [-0.3, -0.25) is 0 Å². The van der Waals surface area contributed by atoms with E-state index < -0.39 is 11.2 Å². The van der Waals surface area contributed by atoms with Crippen molar-refractivity contribution in [3.8, 4) is 11.1 Å². The molecule has 2 N–H and O–H groups in total. The van der Waals surface area contributed by atoms with Crippen LogP contribution < -0.4 is 11.1 Å². The first-order chi connectivity index (χ1) is 14.9. The summed E-state index contributed by atoms with van der Waals surface area (Å²) in [4.78, 5) is 13.7. The standard InChI is InChI=1S/C24H24ClN3O3/c1-3-24(30,4-2)22-10-11-28(27-22)26-15-17-12-21-19(13-20(17)25)18(14-23(29)31-21)16-8-6-5-7-9-16/h5-14,26,30H,3-4,15H2,1-2H3. The third-order valence-electron chi connectivity index (χ3n) is 5.66. The van der Waals surface area contributed by atoms with Gasteiger partial charge in [0.05, 0.1) is 12.2 Å². The molecule has 0 saturated heterocycles. The number of aromatic nitrogens is 2. The molecule has 0 unspecified atom stereocenters. The molecule has 4 aromatic rings. The zero-order valence-electron chi connectivity index (χ0n) is 17.4. The van der Waals surface area contributed by atoms with Crippen LogP contribution >= 0.6 is 11.6 Å². The third-order valence-corrected chi connectivity index (χ3v) is 6.02. The summed E-state index contributed by atoms with van der Waals surface area (Å²) < 4.78 is 5.45. The van der Waals surface area contributed by atoms with Gasteiger partial charge in [-0.15, -0.1) is 0 Å². The van der Waals surface area contributed by atoms with Crippen LogP contribution in [0.1, 0.15) is 37.9 Å². The lowest BCUT2D eigenvalue weighted by atomic mass is 9.94. The van der Waals surface area contributed by atoms with E-state index in [2.05, 4.69) is 10.5 Å². The van der Waals surface area contributed by atoms with E-state index in [1.54, 1.807) is 23.1 Å². The molecule has 6 nitrogen and oxygen atoms in total. The molecule has 31 heavy (non-hydrogen) atoms. The zero-order valence-corrected chi connectivity index (χ0v) is 18.2. The molecule has 2 aromatic carbocycles. The van der Waals surface area contributed by atoms with Gasteiger partial charge in [-0.25, -0.2) is 4.79 Å². The second-order valence-electron chi connectivity index (χ2n) is 7.50. The Hall–Kier alpha value is -3.09. The van der Waals surface area contributed by atoms with Gasteiger partial charge in [0.1, 0.15) is 11.2 Å². The Morgan fingerprint density at radius 1 is 1.13 bits per heavy atom. The normalized spacial score (nSPS) is 11.7. The molecule has 4 rings (SSSR count). The molecule has 0 bridgehead atoms. The molecule has 160 valence electrons. The average molecular weight is 438 g/mol. The maximum absolute atomic E-state index is 12.2. The fraction of sp³-hybridized carbons (Fsp3) is 0.250. The van der Waals surface area contributed by atoms with Crippen LogP contribution in [0.3, 0.4) is 0 Å². The summed E-state index contributed by atoms with van der Waals surface area (Å²) >= 11 is 6.56. The van der Waals surface area contributed by atoms with E-state index in [-0.39, 0.29) is 0 Å². The Morgan fingerprint density at radius 3 is 2.58 bits per heavy atom. The van der Waals surface area contributed by atoms with Crippen molar-refractivity contribution in [2.75, 3.05) is 5.43 Å². The van der Waals surface area contributed by atoms with Gasteiger partial charge in [-0.05, 0) is 47.7 Å². The largest absolute Gasteiger partial charge is 0.423 e. The molecular formula is C24H24ClN3O3. The van der Waals surface area contributed by atoms with Crippen molar-refractivity contribution in [3.05, 3.63) is 87.5 Å². The number of benzene rings is 2. The quantitative estimate of drug-likeness (QED) is 0.395. The molecule has 7 heteroatoms. The van der Waals surface area contributed by atoms with E-state index in [1.807, 2.05) is 50.2 Å². The van der Waals surface area contributed by atoms with Crippen LogP contribution in [0.15, 0.2) is 70.0 Å². The Bertz CT molecular complexity index is 1260. The van der Waals surface area contributed by atoms with Gasteiger partial charge in [-0.2, -0.15) is 9.89 Å². The zero-order chi connectivity index (χ0) is 22.0. The second-order valence-corrected chi connectivity index (χ2v) is 7.91. The first-order valence-corrected chi connectivity index (χ1v) is 10.7. The Morgan fingerprint density at radius 2 is 1.87 bits per heavy atom. The molecule has 0 fully saturated rings. The van der Waals surface area contributed by atoms with Crippen molar-refractivity contribution in [3.63, 3.8) is 0 Å². The number of hydrogen-bond donors (Lipinski definition) is 2. The highest BCUT2D eigenvalue weighted by atomic mass is 35.5. The average Bonchev–Trinajstić information content (AvgIpc) is 3.27. The maximum Gasteiger partial charge on any atom is 0.336 e. The predicted octanol–water partition coefficient (Wildman–Crippen LogP) is 5.06. The van der Waals surface area contributed by atoms with Crippen LogP contribution in [-0.4, -0.2) is 15.0 Å². The van der Waals surface area contributed by atoms with Gasteiger partial charge in [0.15, 0.2) is 0 Å². The van der Waals surface area contributed by atoms with Gasteiger partial charge in [0.25, 0.3) is 0 Å². The van der Waals surface area contributed by atoms with Gasteiger partial charge >= 0.3 is 5.63 Å². The van der Waals surface area contributed by atoms with Crippen LogP contribution in [0.5, 0.6) is 0 Å². The summed E-state index contributed by atoms with van der Waals surface area (Å²) in [6, 6.07) is 16.5. The van der Waals surface area contributed by atoms with E-state index in [0.717, 1.165) is 22.1 Å². The highest BCUT2D eigenvalue weighted by Crippen LogP contribution is 2.31. The van der Waals surface area contributed by atoms with Crippen molar-refractivity contribution in [2.24, 2.45) is 0 Å². The molecule has 0 radical (unpaired) electrons. The number of rotatable bonds is 7. The summed E-state index contributed by atoms with van der Waals surface area (Å²) in [5, 5.41) is 16.4. The number of aliphatic hydroxyl groups is 1. The molecule has 0 amide bonds. The molecule has 0 saturated carbocycles. The maximum atomic E-state index is 12.2. The van der Waals surface area contributed by atoms with E-state index in [4.69, 9.17) is 16.0 Å². The monoisotopic (exact) mass is 437 g/mol. The summed E-state index contributed by atoms with van der Waals surface area (Å²) in [5.74, 6) is 0. The molecular weight excluding hydrogens is 414 g/mol. The Balaban J connectivity index is 1.63. The van der Waals surface area contributed by atoms with Crippen LogP contribution in [0.4, 0.5) is 0 Å². The fourth-order valence-electron chi connectivity index (χ4n) is 3.65. The van der Waals surface area contributed by atoms with Crippen LogP contribution in [0.25, 0.3) is 22.1 Å². The summed E-state index contributed by atoms with van der Waals surface area (Å²) in [5.41, 5.74) is 5.36. The highest BCUT2D eigenvalue weighted by Gasteiger charge is 2.27. The lowest BCUT2D eigenvalue weighted by Crippen LogP contribution is -2.25. The van der Waals surface area contributed by atoms with Crippen LogP contribution in [-0.2, 0) is 12.1 Å². The van der Waals surface area contributed by atoms with Gasteiger partial charge < -0.3 is 14.9 Å². The van der Waals surface area contributed by atoms with E-state index in [9.17, 15) is 9.90 Å². The van der Waals surface area contributed by atoms with Crippen molar-refractivity contribution < 1.29 is 9.52 Å². The minimum atomic E-state index is -0.940. The molecule has 0 aliphatic carbocycles. The SMILES string of the molecule is CCC(O)(CC)c1ccn(NCc2cc3oc(=O)cc(-c4ccccc4)c3cc2Cl)n1. The molecule has 0 atom stereocenters. The van der Waals surface area contributed by atoms with Crippen LogP contribution in [0.2, 0.25) is 5.02 Å².